The van der Waals surface area contributed by atoms with Crippen molar-refractivity contribution in [2.45, 2.75) is 6.10 Å². The van der Waals surface area contributed by atoms with Crippen molar-refractivity contribution in [3.63, 3.8) is 0 Å². The summed E-state index contributed by atoms with van der Waals surface area (Å²) in [7, 11) is 3.46. The number of carbonyl (C=O) groups is 1. The summed E-state index contributed by atoms with van der Waals surface area (Å²) in [6, 6.07) is 10.0. The molecule has 18 heavy (non-hydrogen) atoms. The first-order valence-electron chi connectivity index (χ1n) is 5.95. The second kappa shape index (κ2) is 7.68. The normalized spacial score (nSPS) is 11.9. The van der Waals surface area contributed by atoms with E-state index in [1.165, 1.54) is 7.11 Å². The molecule has 5 heteroatoms. The number of likely N-dealkylation sites (N-methyl/N-ethyl adjacent to an activating group) is 1. The molecular formula is C13H21N3O2. The molecule has 1 amide bonds. The molecule has 0 aliphatic carbocycles. The summed E-state index contributed by atoms with van der Waals surface area (Å²) in [5, 5.41) is 2.80. The van der Waals surface area contributed by atoms with Crippen LogP contribution in [0.15, 0.2) is 30.3 Å². The Morgan fingerprint density at radius 2 is 2.11 bits per heavy atom. The summed E-state index contributed by atoms with van der Waals surface area (Å²) >= 11 is 0. The van der Waals surface area contributed by atoms with Gasteiger partial charge in [0, 0.05) is 39.5 Å². The highest BCUT2D eigenvalue weighted by molar-refractivity contribution is 5.81. The average molecular weight is 251 g/mol. The smallest absolute Gasteiger partial charge is 0.250 e. The summed E-state index contributed by atoms with van der Waals surface area (Å²) in [5.41, 5.74) is 6.53. The Morgan fingerprint density at radius 1 is 1.44 bits per heavy atom. The number of methoxy groups -OCH3 is 1. The molecule has 0 aliphatic heterocycles. The fourth-order valence-electron chi connectivity index (χ4n) is 1.58. The SMILES string of the molecule is COC(CN)C(=O)NCCN(C)c1ccccc1. The van der Waals surface area contributed by atoms with Gasteiger partial charge in [-0.2, -0.15) is 0 Å². The van der Waals surface area contributed by atoms with Crippen molar-refractivity contribution in [3.05, 3.63) is 30.3 Å². The number of hydrogen-bond donors (Lipinski definition) is 2. The Morgan fingerprint density at radius 3 is 2.67 bits per heavy atom. The minimum Gasteiger partial charge on any atom is -0.373 e. The van der Waals surface area contributed by atoms with E-state index in [1.807, 2.05) is 37.4 Å². The van der Waals surface area contributed by atoms with E-state index in [9.17, 15) is 4.79 Å². The molecule has 0 radical (unpaired) electrons. The van der Waals surface area contributed by atoms with Crippen LogP contribution in [0.4, 0.5) is 5.69 Å². The second-order valence-electron chi connectivity index (χ2n) is 4.01. The maximum absolute atomic E-state index is 11.6. The lowest BCUT2D eigenvalue weighted by molar-refractivity contribution is -0.130. The summed E-state index contributed by atoms with van der Waals surface area (Å²) < 4.78 is 4.95. The van der Waals surface area contributed by atoms with Crippen molar-refractivity contribution in [3.8, 4) is 0 Å². The lowest BCUT2D eigenvalue weighted by Crippen LogP contribution is -2.43. The number of nitrogens with one attached hydrogen (secondary N) is 1. The largest absolute Gasteiger partial charge is 0.373 e. The van der Waals surface area contributed by atoms with Crippen LogP contribution in [0, 0.1) is 0 Å². The van der Waals surface area contributed by atoms with Crippen molar-refractivity contribution in [1.29, 1.82) is 0 Å². The third-order valence-electron chi connectivity index (χ3n) is 2.73. The number of ether oxygens (including phenoxy) is 1. The van der Waals surface area contributed by atoms with Gasteiger partial charge in [0.15, 0.2) is 0 Å². The van der Waals surface area contributed by atoms with Gasteiger partial charge in [-0.3, -0.25) is 4.79 Å². The highest BCUT2D eigenvalue weighted by atomic mass is 16.5. The third-order valence-corrected chi connectivity index (χ3v) is 2.73. The molecule has 1 aromatic carbocycles. The average Bonchev–Trinajstić information content (AvgIpc) is 2.41. The van der Waals surface area contributed by atoms with Crippen molar-refractivity contribution < 1.29 is 9.53 Å². The number of rotatable bonds is 7. The second-order valence-corrected chi connectivity index (χ2v) is 4.01. The zero-order chi connectivity index (χ0) is 13.4. The van der Waals surface area contributed by atoms with Crippen LogP contribution >= 0.6 is 0 Å². The summed E-state index contributed by atoms with van der Waals surface area (Å²) in [4.78, 5) is 13.7. The van der Waals surface area contributed by atoms with E-state index in [0.29, 0.717) is 6.54 Å². The quantitative estimate of drug-likeness (QED) is 0.727. The van der Waals surface area contributed by atoms with E-state index in [1.54, 1.807) is 0 Å². The maximum Gasteiger partial charge on any atom is 0.250 e. The topological polar surface area (TPSA) is 67.6 Å². The molecule has 0 aromatic heterocycles. The highest BCUT2D eigenvalue weighted by Crippen LogP contribution is 2.09. The Hall–Kier alpha value is -1.59. The van der Waals surface area contributed by atoms with Crippen molar-refractivity contribution in [2.24, 2.45) is 5.73 Å². The standard InChI is InChI=1S/C13H21N3O2/c1-16(11-6-4-3-5-7-11)9-8-15-13(17)12(10-14)18-2/h3-7,12H,8-10,14H2,1-2H3,(H,15,17). The molecule has 1 rings (SSSR count). The van der Waals surface area contributed by atoms with Crippen LogP contribution in [0.25, 0.3) is 0 Å². The van der Waals surface area contributed by atoms with Gasteiger partial charge in [0.1, 0.15) is 6.10 Å². The molecule has 1 atom stereocenters. The van der Waals surface area contributed by atoms with E-state index in [4.69, 9.17) is 10.5 Å². The van der Waals surface area contributed by atoms with Crippen LogP contribution in [-0.4, -0.2) is 45.8 Å². The Balaban J connectivity index is 2.32. The molecular weight excluding hydrogens is 230 g/mol. The molecule has 0 saturated carbocycles. The minimum absolute atomic E-state index is 0.165. The number of amides is 1. The minimum atomic E-state index is -0.563. The van der Waals surface area contributed by atoms with Crippen LogP contribution in [0.3, 0.4) is 0 Å². The van der Waals surface area contributed by atoms with Gasteiger partial charge < -0.3 is 20.7 Å². The van der Waals surface area contributed by atoms with Gasteiger partial charge >= 0.3 is 0 Å². The monoisotopic (exact) mass is 251 g/mol. The van der Waals surface area contributed by atoms with Crippen molar-refractivity contribution >= 4 is 11.6 Å². The van der Waals surface area contributed by atoms with Crippen LogP contribution in [0.2, 0.25) is 0 Å². The number of anilines is 1. The fraction of sp³-hybridized carbons (Fsp3) is 0.462. The number of carbonyl (C=O) groups excluding carboxylic acids is 1. The number of nitrogens with two attached hydrogens (primary N) is 1. The molecule has 1 aromatic rings. The van der Waals surface area contributed by atoms with E-state index in [2.05, 4.69) is 10.2 Å². The molecule has 0 fully saturated rings. The van der Waals surface area contributed by atoms with E-state index in [0.717, 1.165) is 12.2 Å². The Labute approximate surface area is 108 Å². The summed E-state index contributed by atoms with van der Waals surface area (Å²) in [5.74, 6) is -0.165. The first-order valence-corrected chi connectivity index (χ1v) is 5.95. The molecule has 0 bridgehead atoms. The number of para-hydroxylation sites is 1. The number of benzene rings is 1. The highest BCUT2D eigenvalue weighted by Gasteiger charge is 2.14. The number of hydrogen-bond acceptors (Lipinski definition) is 4. The predicted octanol–water partition coefficient (Wildman–Crippen LogP) is 0.213. The van der Waals surface area contributed by atoms with Gasteiger partial charge in [0.05, 0.1) is 0 Å². The van der Waals surface area contributed by atoms with E-state index in [-0.39, 0.29) is 12.5 Å². The van der Waals surface area contributed by atoms with Gasteiger partial charge in [0.2, 0.25) is 0 Å². The lowest BCUT2D eigenvalue weighted by Gasteiger charge is -2.20. The van der Waals surface area contributed by atoms with Gasteiger partial charge in [-0.15, -0.1) is 0 Å². The molecule has 1 unspecified atom stereocenters. The molecule has 5 nitrogen and oxygen atoms in total. The molecule has 100 valence electrons. The van der Waals surface area contributed by atoms with Crippen LogP contribution in [0.1, 0.15) is 0 Å². The van der Waals surface area contributed by atoms with Gasteiger partial charge in [-0.1, -0.05) is 18.2 Å². The maximum atomic E-state index is 11.6. The first kappa shape index (κ1) is 14.5. The third kappa shape index (κ3) is 4.35. The van der Waals surface area contributed by atoms with Crippen LogP contribution in [-0.2, 0) is 9.53 Å². The van der Waals surface area contributed by atoms with Gasteiger partial charge in [0.25, 0.3) is 5.91 Å². The van der Waals surface area contributed by atoms with Crippen LogP contribution in [0.5, 0.6) is 0 Å². The summed E-state index contributed by atoms with van der Waals surface area (Å²) in [6.45, 7) is 1.48. The van der Waals surface area contributed by atoms with Crippen molar-refractivity contribution in [2.75, 3.05) is 38.7 Å². The fourth-order valence-corrected chi connectivity index (χ4v) is 1.58. The van der Waals surface area contributed by atoms with Crippen LogP contribution < -0.4 is 16.0 Å². The Kier molecular flexibility index (Phi) is 6.18. The molecule has 0 saturated heterocycles. The van der Waals surface area contributed by atoms with Gasteiger partial charge in [-0.05, 0) is 12.1 Å². The zero-order valence-electron chi connectivity index (χ0n) is 10.9. The van der Waals surface area contributed by atoms with Gasteiger partial charge in [-0.25, -0.2) is 0 Å². The first-order chi connectivity index (χ1) is 8.69. The predicted molar refractivity (Wildman–Crippen MR) is 72.6 cm³/mol. The summed E-state index contributed by atoms with van der Waals surface area (Å²) in [6.07, 6.45) is -0.563. The van der Waals surface area contributed by atoms with Crippen molar-refractivity contribution in [1.82, 2.24) is 5.32 Å². The lowest BCUT2D eigenvalue weighted by atomic mass is 10.3. The zero-order valence-corrected chi connectivity index (χ0v) is 10.9. The molecule has 0 heterocycles. The Bertz CT molecular complexity index is 353. The molecule has 0 spiro atoms. The van der Waals surface area contributed by atoms with E-state index >= 15 is 0 Å². The van der Waals surface area contributed by atoms with E-state index < -0.39 is 6.10 Å². The number of nitrogens with zero attached hydrogens (tertiary/aromatic N) is 1. The molecule has 3 N–H and O–H groups in total. The molecule has 0 aliphatic rings.